The number of ether oxygens (including phenoxy) is 3. The Morgan fingerprint density at radius 1 is 0.939 bits per heavy atom. The number of ketones is 1. The molecule has 4 rings (SSSR count). The molecule has 12 heteroatoms. The van der Waals surface area contributed by atoms with E-state index in [-0.39, 0.29) is 29.2 Å². The highest BCUT2D eigenvalue weighted by atomic mass is 16.7. The molecule has 0 radical (unpaired) electrons. The third kappa shape index (κ3) is 4.12. The van der Waals surface area contributed by atoms with E-state index in [1.54, 1.807) is 0 Å². The fourth-order valence-corrected chi connectivity index (χ4v) is 3.69. The van der Waals surface area contributed by atoms with Crippen LogP contribution >= 0.6 is 0 Å². The van der Waals surface area contributed by atoms with Gasteiger partial charge in [0.05, 0.1) is 6.42 Å². The standard InChI is InChI=1S/C21H20O12/c22-9-2-1-7(3-10(9)23)13-6-12(25)15-11(24)4-8(5-14(15)32-13)31-21-18(28)16(26)17(27)19(33-21)20(29)30/h1-5,13,16-19,21-24,26-28H,6H2,(H,29,30)/t13-,16-,17-,18+,19-,21-/m0/s1. The predicted octanol–water partition coefficient (Wildman–Crippen LogP) is -0.219. The molecule has 2 aromatic carbocycles. The first-order valence-electron chi connectivity index (χ1n) is 9.74. The highest BCUT2D eigenvalue weighted by Crippen LogP contribution is 2.43. The van der Waals surface area contributed by atoms with Crippen molar-refractivity contribution in [2.24, 2.45) is 0 Å². The highest BCUT2D eigenvalue weighted by molar-refractivity contribution is 6.02. The van der Waals surface area contributed by atoms with Gasteiger partial charge in [0.25, 0.3) is 0 Å². The summed E-state index contributed by atoms with van der Waals surface area (Å²) < 4.78 is 16.2. The smallest absolute Gasteiger partial charge is 0.335 e. The fraction of sp³-hybridized carbons (Fsp3) is 0.333. The summed E-state index contributed by atoms with van der Waals surface area (Å²) in [7, 11) is 0. The third-order valence-corrected chi connectivity index (χ3v) is 5.41. The summed E-state index contributed by atoms with van der Waals surface area (Å²) in [6, 6.07) is 6.12. The van der Waals surface area contributed by atoms with Gasteiger partial charge in [0.15, 0.2) is 23.4 Å². The number of carboxylic acid groups (broad SMARTS) is 1. The lowest BCUT2D eigenvalue weighted by Crippen LogP contribution is -2.61. The SMILES string of the molecule is O=C1C[C@@H](c2ccc(O)c(O)c2)Oc2cc(O[C@H]3O[C@H](C(=O)O)[C@@H](O)[C@H](O)[C@H]3O)cc(O)c21. The first-order chi connectivity index (χ1) is 15.6. The van der Waals surface area contributed by atoms with E-state index in [1.807, 2.05) is 0 Å². The zero-order valence-corrected chi connectivity index (χ0v) is 16.7. The molecule has 1 fully saturated rings. The second-order valence-corrected chi connectivity index (χ2v) is 7.65. The van der Waals surface area contributed by atoms with Gasteiger partial charge in [-0.1, -0.05) is 6.07 Å². The van der Waals surface area contributed by atoms with Crippen LogP contribution in [0, 0.1) is 0 Å². The second-order valence-electron chi connectivity index (χ2n) is 7.65. The third-order valence-electron chi connectivity index (χ3n) is 5.41. The van der Waals surface area contributed by atoms with Crippen LogP contribution in [0.5, 0.6) is 28.7 Å². The first-order valence-corrected chi connectivity index (χ1v) is 9.74. The minimum atomic E-state index is -1.90. The molecule has 2 aromatic rings. The largest absolute Gasteiger partial charge is 0.507 e. The molecule has 0 spiro atoms. The molecule has 0 aromatic heterocycles. The van der Waals surface area contributed by atoms with E-state index in [0.717, 1.165) is 6.07 Å². The number of phenols is 3. The Hall–Kier alpha value is -3.58. The molecule has 1 saturated heterocycles. The molecule has 0 bridgehead atoms. The molecule has 0 saturated carbocycles. The Bertz CT molecular complexity index is 1100. The van der Waals surface area contributed by atoms with E-state index in [1.165, 1.54) is 24.3 Å². The molecular weight excluding hydrogens is 444 g/mol. The lowest BCUT2D eigenvalue weighted by molar-refractivity contribution is -0.271. The van der Waals surface area contributed by atoms with E-state index in [0.29, 0.717) is 5.56 Å². The molecular formula is C21H20O12. The molecule has 6 atom stereocenters. The van der Waals surface area contributed by atoms with Crippen LogP contribution in [0.3, 0.4) is 0 Å². The number of fused-ring (bicyclic) bond motifs is 1. The van der Waals surface area contributed by atoms with Crippen molar-refractivity contribution in [1.82, 2.24) is 0 Å². The van der Waals surface area contributed by atoms with Crippen LogP contribution in [0.15, 0.2) is 30.3 Å². The van der Waals surface area contributed by atoms with Crippen molar-refractivity contribution < 1.29 is 59.5 Å². The van der Waals surface area contributed by atoms with Gasteiger partial charge in [0, 0.05) is 12.1 Å². The summed E-state index contributed by atoms with van der Waals surface area (Å²) >= 11 is 0. The zero-order valence-electron chi connectivity index (χ0n) is 16.7. The number of hydrogen-bond acceptors (Lipinski definition) is 11. The average molecular weight is 464 g/mol. The number of rotatable bonds is 4. The van der Waals surface area contributed by atoms with Crippen LogP contribution in [0.2, 0.25) is 0 Å². The van der Waals surface area contributed by atoms with E-state index in [9.17, 15) is 40.2 Å². The summed E-state index contributed by atoms with van der Waals surface area (Å²) in [5.74, 6) is -3.63. The zero-order chi connectivity index (χ0) is 24.0. The Kier molecular flexibility index (Phi) is 5.76. The van der Waals surface area contributed by atoms with Gasteiger partial charge in [0.2, 0.25) is 6.29 Å². The number of aliphatic carboxylic acids is 1. The molecule has 2 heterocycles. The van der Waals surface area contributed by atoms with Gasteiger partial charge in [-0.2, -0.15) is 0 Å². The Morgan fingerprint density at radius 2 is 1.67 bits per heavy atom. The van der Waals surface area contributed by atoms with Crippen LogP contribution in [0.4, 0.5) is 0 Å². The predicted molar refractivity (Wildman–Crippen MR) is 105 cm³/mol. The number of carboxylic acids is 1. The number of aliphatic hydroxyl groups excluding tert-OH is 3. The summed E-state index contributed by atoms with van der Waals surface area (Å²) in [4.78, 5) is 23.9. The quantitative estimate of drug-likeness (QED) is 0.294. The molecule has 0 aliphatic carbocycles. The van der Waals surface area contributed by atoms with Crippen LogP contribution in [-0.2, 0) is 9.53 Å². The maximum absolute atomic E-state index is 12.6. The van der Waals surface area contributed by atoms with Crippen molar-refractivity contribution in [1.29, 1.82) is 0 Å². The van der Waals surface area contributed by atoms with Crippen molar-refractivity contribution in [2.75, 3.05) is 0 Å². The molecule has 176 valence electrons. The molecule has 0 amide bonds. The molecule has 2 aliphatic rings. The van der Waals surface area contributed by atoms with Crippen LogP contribution in [0.25, 0.3) is 0 Å². The summed E-state index contributed by atoms with van der Waals surface area (Å²) in [6.07, 6.45) is -10.3. The summed E-state index contributed by atoms with van der Waals surface area (Å²) in [5.41, 5.74) is 0.244. The maximum atomic E-state index is 12.6. The minimum Gasteiger partial charge on any atom is -0.507 e. The van der Waals surface area contributed by atoms with Gasteiger partial charge in [-0.15, -0.1) is 0 Å². The van der Waals surface area contributed by atoms with Crippen molar-refractivity contribution in [3.63, 3.8) is 0 Å². The number of benzene rings is 2. The lowest BCUT2D eigenvalue weighted by atomic mass is 9.95. The molecule has 12 nitrogen and oxygen atoms in total. The van der Waals surface area contributed by atoms with Crippen LogP contribution < -0.4 is 9.47 Å². The van der Waals surface area contributed by atoms with Gasteiger partial charge in [-0.05, 0) is 17.7 Å². The lowest BCUT2D eigenvalue weighted by Gasteiger charge is -2.38. The number of carbonyl (C=O) groups is 2. The molecule has 7 N–H and O–H groups in total. The summed E-state index contributed by atoms with van der Waals surface area (Å²) in [6.45, 7) is 0. The normalized spacial score (nSPS) is 29.1. The van der Waals surface area contributed by atoms with Crippen molar-refractivity contribution in [3.8, 4) is 28.7 Å². The monoisotopic (exact) mass is 464 g/mol. The van der Waals surface area contributed by atoms with Gasteiger partial charge in [-0.25, -0.2) is 4.79 Å². The van der Waals surface area contributed by atoms with Crippen LogP contribution in [0.1, 0.15) is 28.4 Å². The van der Waals surface area contributed by atoms with Crippen molar-refractivity contribution in [3.05, 3.63) is 41.5 Å². The van der Waals surface area contributed by atoms with Crippen molar-refractivity contribution in [2.45, 2.75) is 43.2 Å². The van der Waals surface area contributed by atoms with Gasteiger partial charge >= 0.3 is 5.97 Å². The minimum absolute atomic E-state index is 0.0977. The fourth-order valence-electron chi connectivity index (χ4n) is 3.69. The first kappa shape index (κ1) is 22.6. The Morgan fingerprint density at radius 3 is 2.33 bits per heavy atom. The topological polar surface area (TPSA) is 203 Å². The number of aromatic hydroxyl groups is 3. The van der Waals surface area contributed by atoms with E-state index in [2.05, 4.69) is 0 Å². The molecule has 2 aliphatic heterocycles. The number of hydrogen-bond donors (Lipinski definition) is 7. The van der Waals surface area contributed by atoms with Gasteiger partial charge < -0.3 is 50.0 Å². The number of phenolic OH excluding ortho intramolecular Hbond substituents is 3. The second kappa shape index (κ2) is 8.41. The average Bonchev–Trinajstić information content (AvgIpc) is 2.75. The highest BCUT2D eigenvalue weighted by Gasteiger charge is 2.48. The Balaban J connectivity index is 1.61. The van der Waals surface area contributed by atoms with E-state index < -0.39 is 60.1 Å². The van der Waals surface area contributed by atoms with E-state index in [4.69, 9.17) is 19.3 Å². The summed E-state index contributed by atoms with van der Waals surface area (Å²) in [5, 5.41) is 68.5. The number of aliphatic hydroxyl groups is 3. The number of Topliss-reactive ketones (excluding diaryl/α,β-unsaturated/α-hetero) is 1. The van der Waals surface area contributed by atoms with Gasteiger partial charge in [-0.3, -0.25) is 4.79 Å². The maximum Gasteiger partial charge on any atom is 0.335 e. The Labute approximate surface area is 185 Å². The number of carbonyl (C=O) groups excluding carboxylic acids is 1. The van der Waals surface area contributed by atoms with Crippen molar-refractivity contribution >= 4 is 11.8 Å². The molecule has 0 unspecified atom stereocenters. The van der Waals surface area contributed by atoms with E-state index >= 15 is 0 Å². The molecule has 33 heavy (non-hydrogen) atoms. The van der Waals surface area contributed by atoms with Gasteiger partial charge in [0.1, 0.15) is 47.2 Å². The van der Waals surface area contributed by atoms with Crippen LogP contribution in [-0.4, -0.2) is 78.2 Å².